The molecule has 16 heavy (non-hydrogen) atoms. The van der Waals surface area contributed by atoms with Crippen molar-refractivity contribution in [2.24, 2.45) is 5.41 Å². The van der Waals surface area contributed by atoms with E-state index in [1.807, 2.05) is 13.8 Å². The molecule has 1 aromatic heterocycles. The van der Waals surface area contributed by atoms with Gasteiger partial charge in [-0.25, -0.2) is 9.78 Å². The van der Waals surface area contributed by atoms with Gasteiger partial charge in [-0.05, 0) is 12.1 Å². The number of hydrogen-bond donors (Lipinski definition) is 3. The van der Waals surface area contributed by atoms with Gasteiger partial charge >= 0.3 is 5.97 Å². The first-order valence-electron chi connectivity index (χ1n) is 4.99. The molecule has 0 saturated carbocycles. The number of aliphatic hydroxyl groups is 1. The van der Waals surface area contributed by atoms with Gasteiger partial charge in [0.1, 0.15) is 5.69 Å². The number of carbonyl (C=O) groups is 1. The van der Waals surface area contributed by atoms with E-state index in [4.69, 9.17) is 10.2 Å². The van der Waals surface area contributed by atoms with Crippen molar-refractivity contribution in [3.05, 3.63) is 24.0 Å². The zero-order chi connectivity index (χ0) is 12.2. The lowest BCUT2D eigenvalue weighted by atomic mass is 9.95. The highest BCUT2D eigenvalue weighted by atomic mass is 16.4. The van der Waals surface area contributed by atoms with Crippen molar-refractivity contribution in [3.8, 4) is 0 Å². The van der Waals surface area contributed by atoms with E-state index in [0.29, 0.717) is 12.2 Å². The number of pyridine rings is 1. The summed E-state index contributed by atoms with van der Waals surface area (Å²) in [5.74, 6) is -1.05. The van der Waals surface area contributed by atoms with Crippen LogP contribution in [0.5, 0.6) is 0 Å². The second kappa shape index (κ2) is 4.94. The third-order valence-corrected chi connectivity index (χ3v) is 2.18. The summed E-state index contributed by atoms with van der Waals surface area (Å²) in [7, 11) is 0. The summed E-state index contributed by atoms with van der Waals surface area (Å²) in [5, 5.41) is 20.9. The number of aliphatic hydroxyl groups excluding tert-OH is 1. The van der Waals surface area contributed by atoms with E-state index in [1.54, 1.807) is 6.07 Å². The highest BCUT2D eigenvalue weighted by molar-refractivity contribution is 5.86. The maximum Gasteiger partial charge on any atom is 0.354 e. The molecule has 1 aromatic rings. The Morgan fingerprint density at radius 2 is 2.25 bits per heavy atom. The Hall–Kier alpha value is -1.62. The first kappa shape index (κ1) is 12.4. The maximum atomic E-state index is 10.7. The normalized spacial score (nSPS) is 11.2. The molecule has 0 aromatic carbocycles. The topological polar surface area (TPSA) is 82.5 Å². The van der Waals surface area contributed by atoms with Crippen molar-refractivity contribution in [1.29, 1.82) is 0 Å². The second-order valence-electron chi connectivity index (χ2n) is 4.41. The molecule has 0 saturated heterocycles. The van der Waals surface area contributed by atoms with Crippen molar-refractivity contribution in [1.82, 2.24) is 4.98 Å². The third-order valence-electron chi connectivity index (χ3n) is 2.18. The molecule has 5 heteroatoms. The Morgan fingerprint density at radius 3 is 2.81 bits per heavy atom. The number of nitrogens with zero attached hydrogens (tertiary/aromatic N) is 1. The summed E-state index contributed by atoms with van der Waals surface area (Å²) in [4.78, 5) is 14.4. The minimum absolute atomic E-state index is 0.00630. The summed E-state index contributed by atoms with van der Waals surface area (Å²) in [5.41, 5.74) is 0.452. The minimum atomic E-state index is -1.05. The zero-order valence-corrected chi connectivity index (χ0v) is 9.40. The van der Waals surface area contributed by atoms with Crippen molar-refractivity contribution < 1.29 is 15.0 Å². The van der Waals surface area contributed by atoms with Crippen LogP contribution in [0.2, 0.25) is 0 Å². The van der Waals surface area contributed by atoms with E-state index in [0.717, 1.165) is 0 Å². The third kappa shape index (κ3) is 3.51. The fourth-order valence-corrected chi connectivity index (χ4v) is 1.05. The summed E-state index contributed by atoms with van der Waals surface area (Å²) >= 11 is 0. The maximum absolute atomic E-state index is 10.7. The Kier molecular flexibility index (Phi) is 3.84. The van der Waals surface area contributed by atoms with Gasteiger partial charge in [-0.3, -0.25) is 0 Å². The largest absolute Gasteiger partial charge is 0.477 e. The highest BCUT2D eigenvalue weighted by Crippen LogP contribution is 2.16. The molecule has 0 unspecified atom stereocenters. The molecule has 5 nitrogen and oxygen atoms in total. The average molecular weight is 224 g/mol. The van der Waals surface area contributed by atoms with Gasteiger partial charge in [0.25, 0.3) is 0 Å². The van der Waals surface area contributed by atoms with Crippen LogP contribution in [0, 0.1) is 5.41 Å². The number of rotatable bonds is 5. The first-order chi connectivity index (χ1) is 7.44. The average Bonchev–Trinajstić information content (AvgIpc) is 2.27. The van der Waals surface area contributed by atoms with Crippen LogP contribution in [0.4, 0.5) is 5.69 Å². The number of hydrogen-bond acceptors (Lipinski definition) is 4. The quantitative estimate of drug-likeness (QED) is 0.700. The lowest BCUT2D eigenvalue weighted by Gasteiger charge is -2.22. The standard InChI is InChI=1S/C11H16N2O3/c1-11(2,7-14)6-13-8-3-4-12-9(5-8)10(15)16/h3-5,14H,6-7H2,1-2H3,(H,12,13)(H,15,16). The number of carboxylic acids is 1. The second-order valence-corrected chi connectivity index (χ2v) is 4.41. The van der Waals surface area contributed by atoms with E-state index >= 15 is 0 Å². The van der Waals surface area contributed by atoms with Gasteiger partial charge in [-0.2, -0.15) is 0 Å². The van der Waals surface area contributed by atoms with Gasteiger partial charge in [0.2, 0.25) is 0 Å². The summed E-state index contributed by atoms with van der Waals surface area (Å²) in [6.07, 6.45) is 1.44. The Balaban J connectivity index is 2.68. The Labute approximate surface area is 94.1 Å². The van der Waals surface area contributed by atoms with Gasteiger partial charge in [0, 0.05) is 30.5 Å². The molecule has 0 aliphatic heterocycles. The number of carboxylic acid groups (broad SMARTS) is 1. The summed E-state index contributed by atoms with van der Waals surface area (Å²) in [6.45, 7) is 4.46. The molecule has 0 amide bonds. The summed E-state index contributed by atoms with van der Waals surface area (Å²) in [6, 6.07) is 3.16. The van der Waals surface area contributed by atoms with E-state index in [9.17, 15) is 4.79 Å². The highest BCUT2D eigenvalue weighted by Gasteiger charge is 2.16. The molecule has 0 radical (unpaired) electrons. The molecular weight excluding hydrogens is 208 g/mol. The van der Waals surface area contributed by atoms with Crippen LogP contribution < -0.4 is 5.32 Å². The number of anilines is 1. The fraction of sp³-hybridized carbons (Fsp3) is 0.455. The van der Waals surface area contributed by atoms with Gasteiger partial charge in [0.15, 0.2) is 0 Å². The number of aromatic carboxylic acids is 1. The lowest BCUT2D eigenvalue weighted by molar-refractivity contribution is 0.0690. The molecule has 0 spiro atoms. The molecule has 0 aliphatic rings. The van der Waals surface area contributed by atoms with Crippen LogP contribution in [0.25, 0.3) is 0 Å². The van der Waals surface area contributed by atoms with Crippen molar-refractivity contribution in [3.63, 3.8) is 0 Å². The predicted molar refractivity (Wildman–Crippen MR) is 60.6 cm³/mol. The Bertz CT molecular complexity index is 377. The smallest absolute Gasteiger partial charge is 0.354 e. The Morgan fingerprint density at radius 1 is 1.56 bits per heavy atom. The predicted octanol–water partition coefficient (Wildman–Crippen LogP) is 1.21. The molecule has 0 fully saturated rings. The molecule has 0 atom stereocenters. The number of aromatic nitrogens is 1. The fourth-order valence-electron chi connectivity index (χ4n) is 1.05. The molecular formula is C11H16N2O3. The van der Waals surface area contributed by atoms with E-state index in [1.165, 1.54) is 12.3 Å². The number of nitrogens with one attached hydrogen (secondary N) is 1. The monoisotopic (exact) mass is 224 g/mol. The SMILES string of the molecule is CC(C)(CO)CNc1ccnc(C(=O)O)c1. The van der Waals surface area contributed by atoms with Gasteiger partial charge in [0.05, 0.1) is 0 Å². The van der Waals surface area contributed by atoms with Gasteiger partial charge in [-0.1, -0.05) is 13.8 Å². The van der Waals surface area contributed by atoms with Crippen molar-refractivity contribution in [2.45, 2.75) is 13.8 Å². The van der Waals surface area contributed by atoms with E-state index < -0.39 is 5.97 Å². The first-order valence-corrected chi connectivity index (χ1v) is 4.99. The lowest BCUT2D eigenvalue weighted by Crippen LogP contribution is -2.26. The molecule has 0 bridgehead atoms. The molecule has 1 rings (SSSR count). The van der Waals surface area contributed by atoms with Crippen LogP contribution in [-0.4, -0.2) is 34.3 Å². The summed E-state index contributed by atoms with van der Waals surface area (Å²) < 4.78 is 0. The molecule has 0 aliphatic carbocycles. The molecule has 3 N–H and O–H groups in total. The van der Waals surface area contributed by atoms with Crippen LogP contribution in [0.15, 0.2) is 18.3 Å². The minimum Gasteiger partial charge on any atom is -0.477 e. The van der Waals surface area contributed by atoms with Crippen LogP contribution in [0.1, 0.15) is 24.3 Å². The van der Waals surface area contributed by atoms with Crippen LogP contribution in [-0.2, 0) is 0 Å². The van der Waals surface area contributed by atoms with Gasteiger partial charge < -0.3 is 15.5 Å². The van der Waals surface area contributed by atoms with Gasteiger partial charge in [-0.15, -0.1) is 0 Å². The molecule has 88 valence electrons. The van der Waals surface area contributed by atoms with Crippen molar-refractivity contribution >= 4 is 11.7 Å². The van der Waals surface area contributed by atoms with E-state index in [-0.39, 0.29) is 17.7 Å². The van der Waals surface area contributed by atoms with Crippen LogP contribution >= 0.6 is 0 Å². The molecule has 1 heterocycles. The van der Waals surface area contributed by atoms with Crippen LogP contribution in [0.3, 0.4) is 0 Å². The van der Waals surface area contributed by atoms with Crippen molar-refractivity contribution in [2.75, 3.05) is 18.5 Å². The zero-order valence-electron chi connectivity index (χ0n) is 9.40. The van der Waals surface area contributed by atoms with E-state index in [2.05, 4.69) is 10.3 Å².